The monoisotopic (exact) mass is 245 g/mol. The van der Waals surface area contributed by atoms with E-state index in [-0.39, 0.29) is 5.24 Å². The second-order valence-corrected chi connectivity index (χ2v) is 5.06. The van der Waals surface area contributed by atoms with Gasteiger partial charge >= 0.3 is 0 Å². The first kappa shape index (κ1) is 12.0. The Labute approximate surface area is 106 Å². The molecule has 0 heterocycles. The van der Waals surface area contributed by atoms with Crippen LogP contribution < -0.4 is 0 Å². The average Bonchev–Trinajstić information content (AvgIpc) is 2.35. The molecule has 0 radical (unpaired) electrons. The Morgan fingerprint density at radius 2 is 1.82 bits per heavy atom. The van der Waals surface area contributed by atoms with Crippen molar-refractivity contribution in [3.63, 3.8) is 0 Å². The quantitative estimate of drug-likeness (QED) is 0.803. The Hall–Kier alpha value is -1.48. The van der Waals surface area contributed by atoms with Crippen molar-refractivity contribution < 1.29 is 4.79 Å². The molecular weight excluding hydrogens is 230 g/mol. The zero-order valence-electron chi connectivity index (χ0n) is 10.0. The van der Waals surface area contributed by atoms with E-state index in [0.29, 0.717) is 0 Å². The van der Waals surface area contributed by atoms with Crippen molar-refractivity contribution in [1.29, 1.82) is 0 Å². The summed E-state index contributed by atoms with van der Waals surface area (Å²) in [6.45, 7) is 0. The van der Waals surface area contributed by atoms with Gasteiger partial charge in [0.25, 0.3) is 5.24 Å². The molecule has 0 saturated heterocycles. The minimum Gasteiger partial charge on any atom is -0.340 e. The highest BCUT2D eigenvalue weighted by Crippen LogP contribution is 2.20. The van der Waals surface area contributed by atoms with Gasteiger partial charge in [0.15, 0.2) is 0 Å². The van der Waals surface area contributed by atoms with Gasteiger partial charge in [0.1, 0.15) is 0 Å². The fourth-order valence-corrected chi connectivity index (χ4v) is 2.33. The summed E-state index contributed by atoms with van der Waals surface area (Å²) in [7, 11) is 3.55. The lowest BCUT2D eigenvalue weighted by Crippen LogP contribution is -2.16. The summed E-state index contributed by atoms with van der Waals surface area (Å²) in [5.74, 6) is 0.724. The molecular formula is C14H15NOS. The largest absolute Gasteiger partial charge is 0.340 e. The number of rotatable bonds is 2. The van der Waals surface area contributed by atoms with Crippen LogP contribution in [0.3, 0.4) is 0 Å². The number of thioether (sulfide) groups is 1. The van der Waals surface area contributed by atoms with E-state index in [1.807, 2.05) is 12.1 Å². The van der Waals surface area contributed by atoms with Crippen LogP contribution in [0.4, 0.5) is 4.79 Å². The van der Waals surface area contributed by atoms with Crippen LogP contribution >= 0.6 is 11.8 Å². The average molecular weight is 245 g/mol. The molecule has 0 aromatic heterocycles. The summed E-state index contributed by atoms with van der Waals surface area (Å²) < 4.78 is 0. The second-order valence-electron chi connectivity index (χ2n) is 4.13. The zero-order valence-corrected chi connectivity index (χ0v) is 10.8. The lowest BCUT2D eigenvalue weighted by Gasteiger charge is -2.09. The molecule has 17 heavy (non-hydrogen) atoms. The van der Waals surface area contributed by atoms with Gasteiger partial charge in [0, 0.05) is 19.8 Å². The predicted molar refractivity (Wildman–Crippen MR) is 74.3 cm³/mol. The molecule has 2 nitrogen and oxygen atoms in total. The van der Waals surface area contributed by atoms with Gasteiger partial charge < -0.3 is 4.90 Å². The van der Waals surface area contributed by atoms with E-state index in [1.54, 1.807) is 19.0 Å². The van der Waals surface area contributed by atoms with Crippen LogP contribution in [0.15, 0.2) is 42.5 Å². The van der Waals surface area contributed by atoms with Crippen molar-refractivity contribution in [2.75, 3.05) is 14.1 Å². The van der Waals surface area contributed by atoms with E-state index < -0.39 is 0 Å². The standard InChI is InChI=1S/C14H15NOS/c1-15(2)14(16)17-10-11-7-8-12-5-3-4-6-13(12)9-11/h3-9H,10H2,1-2H3. The summed E-state index contributed by atoms with van der Waals surface area (Å²) in [5.41, 5.74) is 1.18. The van der Waals surface area contributed by atoms with Crippen molar-refractivity contribution >= 4 is 27.8 Å². The maximum atomic E-state index is 11.5. The minimum atomic E-state index is 0.0955. The fraction of sp³-hybridized carbons (Fsp3) is 0.214. The highest BCUT2D eigenvalue weighted by molar-refractivity contribution is 8.12. The normalized spacial score (nSPS) is 10.5. The Morgan fingerprint density at radius 3 is 2.53 bits per heavy atom. The molecule has 1 amide bonds. The number of amides is 1. The van der Waals surface area contributed by atoms with Crippen LogP contribution in [0, 0.1) is 0 Å². The van der Waals surface area contributed by atoms with Crippen LogP contribution in [-0.2, 0) is 5.75 Å². The lowest BCUT2D eigenvalue weighted by atomic mass is 10.1. The summed E-state index contributed by atoms with van der Waals surface area (Å²) in [4.78, 5) is 13.1. The van der Waals surface area contributed by atoms with Gasteiger partial charge in [-0.3, -0.25) is 4.79 Å². The molecule has 0 atom stereocenters. The van der Waals surface area contributed by atoms with Crippen molar-refractivity contribution in [2.24, 2.45) is 0 Å². The topological polar surface area (TPSA) is 20.3 Å². The second kappa shape index (κ2) is 5.23. The number of nitrogens with zero attached hydrogens (tertiary/aromatic N) is 1. The van der Waals surface area contributed by atoms with Gasteiger partial charge in [-0.15, -0.1) is 0 Å². The van der Waals surface area contributed by atoms with E-state index in [4.69, 9.17) is 0 Å². The predicted octanol–water partition coefficient (Wildman–Crippen LogP) is 3.75. The van der Waals surface area contributed by atoms with E-state index in [0.717, 1.165) is 5.75 Å². The number of fused-ring (bicyclic) bond motifs is 1. The molecule has 0 saturated carbocycles. The third-order valence-corrected chi connectivity index (χ3v) is 3.63. The van der Waals surface area contributed by atoms with Gasteiger partial charge in [0.2, 0.25) is 0 Å². The number of carbonyl (C=O) groups excluding carboxylic acids is 1. The van der Waals surface area contributed by atoms with Crippen molar-refractivity contribution in [3.8, 4) is 0 Å². The Kier molecular flexibility index (Phi) is 3.69. The van der Waals surface area contributed by atoms with Crippen LogP contribution in [-0.4, -0.2) is 24.2 Å². The van der Waals surface area contributed by atoms with Gasteiger partial charge in [0.05, 0.1) is 0 Å². The molecule has 2 aromatic carbocycles. The van der Waals surface area contributed by atoms with Crippen LogP contribution in [0.25, 0.3) is 10.8 Å². The number of hydrogen-bond donors (Lipinski definition) is 0. The van der Waals surface area contributed by atoms with E-state index in [1.165, 1.54) is 28.1 Å². The third-order valence-electron chi connectivity index (χ3n) is 2.54. The molecule has 2 rings (SSSR count). The summed E-state index contributed by atoms with van der Waals surface area (Å²) >= 11 is 1.33. The first-order chi connectivity index (χ1) is 8.16. The smallest absolute Gasteiger partial charge is 0.281 e. The molecule has 2 aromatic rings. The van der Waals surface area contributed by atoms with Crippen molar-refractivity contribution in [2.45, 2.75) is 5.75 Å². The summed E-state index contributed by atoms with van der Waals surface area (Å²) in [6, 6.07) is 14.6. The third kappa shape index (κ3) is 3.01. The molecule has 0 fully saturated rings. The maximum Gasteiger partial charge on any atom is 0.281 e. The molecule has 0 spiro atoms. The molecule has 0 unspecified atom stereocenters. The zero-order chi connectivity index (χ0) is 12.3. The summed E-state index contributed by atoms with van der Waals surface area (Å²) in [5, 5.41) is 2.56. The maximum absolute atomic E-state index is 11.5. The van der Waals surface area contributed by atoms with E-state index in [9.17, 15) is 4.79 Å². The minimum absolute atomic E-state index is 0.0955. The van der Waals surface area contributed by atoms with Crippen LogP contribution in [0.1, 0.15) is 5.56 Å². The van der Waals surface area contributed by atoms with Gasteiger partial charge in [-0.1, -0.05) is 54.2 Å². The first-order valence-corrected chi connectivity index (χ1v) is 6.47. The Bertz CT molecular complexity index is 536. The molecule has 88 valence electrons. The molecule has 0 aliphatic rings. The van der Waals surface area contributed by atoms with E-state index in [2.05, 4.69) is 30.3 Å². The lowest BCUT2D eigenvalue weighted by molar-refractivity contribution is 0.241. The highest BCUT2D eigenvalue weighted by atomic mass is 32.2. The van der Waals surface area contributed by atoms with Crippen molar-refractivity contribution in [1.82, 2.24) is 4.90 Å². The van der Waals surface area contributed by atoms with Gasteiger partial charge in [-0.2, -0.15) is 0 Å². The molecule has 0 bridgehead atoms. The molecule has 3 heteroatoms. The molecule has 0 N–H and O–H groups in total. The number of carbonyl (C=O) groups is 1. The molecule has 0 aliphatic heterocycles. The highest BCUT2D eigenvalue weighted by Gasteiger charge is 2.05. The van der Waals surface area contributed by atoms with E-state index >= 15 is 0 Å². The van der Waals surface area contributed by atoms with Gasteiger partial charge in [-0.25, -0.2) is 0 Å². The Morgan fingerprint density at radius 1 is 1.12 bits per heavy atom. The summed E-state index contributed by atoms with van der Waals surface area (Å²) in [6.07, 6.45) is 0. The number of hydrogen-bond acceptors (Lipinski definition) is 2. The van der Waals surface area contributed by atoms with Gasteiger partial charge in [-0.05, 0) is 16.3 Å². The number of benzene rings is 2. The SMILES string of the molecule is CN(C)C(=O)SCc1ccc2ccccc2c1. The van der Waals surface area contributed by atoms with Crippen molar-refractivity contribution in [3.05, 3.63) is 48.0 Å². The first-order valence-electron chi connectivity index (χ1n) is 5.48. The van der Waals surface area contributed by atoms with Crippen LogP contribution in [0.5, 0.6) is 0 Å². The van der Waals surface area contributed by atoms with Crippen LogP contribution in [0.2, 0.25) is 0 Å². The molecule has 0 aliphatic carbocycles. The Balaban J connectivity index is 2.12. The fourth-order valence-electron chi connectivity index (χ4n) is 1.60.